The molecule has 1 heterocycles. The van der Waals surface area contributed by atoms with Crippen LogP contribution in [0.3, 0.4) is 0 Å². The Morgan fingerprint density at radius 2 is 1.39 bits per heavy atom. The Hall–Kier alpha value is -2.85. The lowest BCUT2D eigenvalue weighted by molar-refractivity contribution is -0.140. The maximum Gasteiger partial charge on any atom is 0.322 e. The average Bonchev–Trinajstić information content (AvgIpc) is 3.27. The van der Waals surface area contributed by atoms with Gasteiger partial charge in [0.25, 0.3) is 0 Å². The topological polar surface area (TPSA) is 303 Å². The zero-order chi connectivity index (χ0) is 26.7. The minimum absolute atomic E-state index is 0.0208. The van der Waals surface area contributed by atoms with Crippen molar-refractivity contribution >= 4 is 29.8 Å². The molecule has 0 spiro atoms. The molecule has 14 N–H and O–H groups in total. The SMILES string of the molecule is CC(C)[C@H](N)C(=O)O.NC(=O)CC[C@H](N)C(=O)O.N[C@@H](CO)C(=O)O.O=C(O)[C@@H]1CCCN1. The van der Waals surface area contributed by atoms with Gasteiger partial charge >= 0.3 is 23.9 Å². The molecule has 0 bridgehead atoms. The summed E-state index contributed by atoms with van der Waals surface area (Å²) >= 11 is 0. The van der Waals surface area contributed by atoms with E-state index in [1.54, 1.807) is 13.8 Å². The van der Waals surface area contributed by atoms with Crippen molar-refractivity contribution in [1.29, 1.82) is 0 Å². The number of primary amides is 1. The van der Waals surface area contributed by atoms with Gasteiger partial charge in [0.05, 0.1) is 6.61 Å². The minimum Gasteiger partial charge on any atom is -0.480 e. The van der Waals surface area contributed by atoms with Crippen LogP contribution >= 0.6 is 0 Å². The van der Waals surface area contributed by atoms with Gasteiger partial charge in [0.1, 0.15) is 24.2 Å². The van der Waals surface area contributed by atoms with Crippen LogP contribution in [0.5, 0.6) is 0 Å². The van der Waals surface area contributed by atoms with Crippen LogP contribution in [0.25, 0.3) is 0 Å². The third kappa shape index (κ3) is 22.1. The molecule has 1 aliphatic heterocycles. The summed E-state index contributed by atoms with van der Waals surface area (Å²) in [4.78, 5) is 49.9. The van der Waals surface area contributed by atoms with E-state index in [9.17, 15) is 24.0 Å². The summed E-state index contributed by atoms with van der Waals surface area (Å²) in [5.41, 5.74) is 19.7. The van der Waals surface area contributed by atoms with E-state index in [1.165, 1.54) is 0 Å². The number of carboxylic acids is 4. The van der Waals surface area contributed by atoms with Gasteiger partial charge in [-0.3, -0.25) is 24.0 Å². The molecule has 0 aromatic carbocycles. The van der Waals surface area contributed by atoms with Crippen LogP contribution in [0.2, 0.25) is 0 Å². The highest BCUT2D eigenvalue weighted by Gasteiger charge is 2.20. The molecular weight excluding hydrogens is 446 g/mol. The van der Waals surface area contributed by atoms with Crippen LogP contribution < -0.4 is 28.3 Å². The van der Waals surface area contributed by atoms with Crippen molar-refractivity contribution < 1.29 is 49.5 Å². The number of hydrogen-bond acceptors (Lipinski definition) is 10. The molecule has 0 aromatic rings. The molecule has 0 saturated carbocycles. The second-order valence-electron chi connectivity index (χ2n) is 7.17. The maximum absolute atomic E-state index is 10.1. The second-order valence-corrected chi connectivity index (χ2v) is 7.17. The van der Waals surface area contributed by atoms with Crippen LogP contribution in [0, 0.1) is 5.92 Å². The molecular formula is C18H37N5O10. The fourth-order valence-corrected chi connectivity index (χ4v) is 1.68. The Balaban J connectivity index is -0.000000367. The molecule has 1 saturated heterocycles. The maximum atomic E-state index is 10.1. The van der Waals surface area contributed by atoms with Crippen LogP contribution in [0.4, 0.5) is 0 Å². The highest BCUT2D eigenvalue weighted by atomic mass is 16.4. The van der Waals surface area contributed by atoms with E-state index in [1.807, 2.05) is 0 Å². The van der Waals surface area contributed by atoms with Gasteiger partial charge in [-0.15, -0.1) is 0 Å². The Morgan fingerprint density at radius 3 is 1.55 bits per heavy atom. The summed E-state index contributed by atoms with van der Waals surface area (Å²) in [5, 5.41) is 43.5. The smallest absolute Gasteiger partial charge is 0.322 e. The van der Waals surface area contributed by atoms with E-state index < -0.39 is 54.5 Å². The molecule has 15 heteroatoms. The van der Waals surface area contributed by atoms with Gasteiger partial charge in [-0.25, -0.2) is 0 Å². The molecule has 1 fully saturated rings. The van der Waals surface area contributed by atoms with Crippen molar-refractivity contribution in [3.05, 3.63) is 0 Å². The highest BCUT2D eigenvalue weighted by Crippen LogP contribution is 2.03. The van der Waals surface area contributed by atoms with E-state index in [-0.39, 0.29) is 24.8 Å². The minimum atomic E-state index is -1.18. The van der Waals surface area contributed by atoms with Gasteiger partial charge in [-0.1, -0.05) is 13.8 Å². The molecule has 15 nitrogen and oxygen atoms in total. The van der Waals surface area contributed by atoms with Gasteiger partial charge in [0.15, 0.2) is 0 Å². The van der Waals surface area contributed by atoms with Crippen molar-refractivity contribution in [3.8, 4) is 0 Å². The third-order valence-corrected chi connectivity index (χ3v) is 3.89. The van der Waals surface area contributed by atoms with E-state index >= 15 is 0 Å². The van der Waals surface area contributed by atoms with Gasteiger partial charge < -0.3 is 53.8 Å². The van der Waals surface area contributed by atoms with E-state index in [0.717, 1.165) is 19.4 Å². The first kappa shape index (κ1) is 34.8. The number of hydrogen-bond donors (Lipinski definition) is 10. The number of rotatable bonds is 9. The van der Waals surface area contributed by atoms with Crippen LogP contribution in [0.1, 0.15) is 39.5 Å². The van der Waals surface area contributed by atoms with Crippen molar-refractivity contribution in [2.75, 3.05) is 13.2 Å². The summed E-state index contributed by atoms with van der Waals surface area (Å²) in [6.07, 6.45) is 1.91. The van der Waals surface area contributed by atoms with E-state index in [4.69, 9.17) is 48.5 Å². The number of aliphatic carboxylic acids is 4. The number of carbonyl (C=O) groups is 5. The molecule has 0 unspecified atom stereocenters. The Kier molecular flexibility index (Phi) is 20.9. The summed E-state index contributed by atoms with van der Waals surface area (Å²) < 4.78 is 0. The highest BCUT2D eigenvalue weighted by molar-refractivity contribution is 5.77. The number of amides is 1. The Morgan fingerprint density at radius 1 is 0.909 bits per heavy atom. The summed E-state index contributed by atoms with van der Waals surface area (Å²) in [7, 11) is 0. The van der Waals surface area contributed by atoms with E-state index in [0.29, 0.717) is 0 Å². The largest absolute Gasteiger partial charge is 0.480 e. The average molecular weight is 484 g/mol. The molecule has 1 rings (SSSR count). The lowest BCUT2D eigenvalue weighted by Crippen LogP contribution is -2.34. The first-order chi connectivity index (χ1) is 15.1. The van der Waals surface area contributed by atoms with Crippen LogP contribution in [-0.4, -0.2) is 92.6 Å². The molecule has 4 atom stereocenters. The number of nitrogens with one attached hydrogen (secondary N) is 1. The van der Waals surface area contributed by atoms with Gasteiger partial charge in [-0.2, -0.15) is 0 Å². The standard InChI is InChI=1S/C5H10N2O3.C5H9NO2.C5H11NO2.C3H7NO3/c6-3(5(9)10)1-2-4(7)8;7-5(8)4-2-1-3-6-4;1-3(2)4(6)5(7)8;4-2(1-5)3(6)7/h3H,1-2,6H2,(H2,7,8)(H,9,10);4,6H,1-3H2,(H,7,8);3-4H,6H2,1-2H3,(H,7,8);2,5H,1,4H2,(H,6,7)/t3-;2*4-;2-/m0000/s1. The van der Waals surface area contributed by atoms with Gasteiger partial charge in [0.2, 0.25) is 5.91 Å². The van der Waals surface area contributed by atoms with Crippen LogP contribution in [0.15, 0.2) is 0 Å². The Bertz CT molecular complexity index is 599. The summed E-state index contributed by atoms with van der Waals surface area (Å²) in [6, 6.07) is -3.09. The monoisotopic (exact) mass is 483 g/mol. The molecule has 1 aliphatic rings. The molecule has 33 heavy (non-hydrogen) atoms. The van der Waals surface area contributed by atoms with Crippen molar-refractivity contribution in [1.82, 2.24) is 5.32 Å². The fraction of sp³-hybridized carbons (Fsp3) is 0.722. The molecule has 0 radical (unpaired) electrons. The first-order valence-electron chi connectivity index (χ1n) is 9.88. The number of aliphatic hydroxyl groups is 1. The van der Waals surface area contributed by atoms with E-state index in [2.05, 4.69) is 5.32 Å². The number of nitrogens with two attached hydrogens (primary N) is 4. The van der Waals surface area contributed by atoms with Crippen molar-refractivity contribution in [3.63, 3.8) is 0 Å². The molecule has 1 amide bonds. The number of carbonyl (C=O) groups excluding carboxylic acids is 1. The van der Waals surface area contributed by atoms with Crippen molar-refractivity contribution in [2.45, 2.75) is 63.7 Å². The first-order valence-corrected chi connectivity index (χ1v) is 9.88. The molecule has 194 valence electrons. The zero-order valence-corrected chi connectivity index (χ0v) is 18.7. The van der Waals surface area contributed by atoms with Crippen LogP contribution in [-0.2, 0) is 24.0 Å². The van der Waals surface area contributed by atoms with Gasteiger partial charge in [-0.05, 0) is 31.7 Å². The third-order valence-electron chi connectivity index (χ3n) is 3.89. The molecule has 0 aliphatic carbocycles. The number of aliphatic hydroxyl groups excluding tert-OH is 1. The quantitative estimate of drug-likeness (QED) is 0.156. The normalized spacial score (nSPS) is 16.9. The predicted octanol–water partition coefficient (Wildman–Crippen LogP) is -3.07. The zero-order valence-electron chi connectivity index (χ0n) is 18.7. The van der Waals surface area contributed by atoms with Crippen molar-refractivity contribution in [2.24, 2.45) is 28.9 Å². The lowest BCUT2D eigenvalue weighted by atomic mass is 10.1. The molecule has 0 aromatic heterocycles. The summed E-state index contributed by atoms with van der Waals surface area (Å²) in [6.45, 7) is 3.91. The second kappa shape index (κ2) is 19.8. The summed E-state index contributed by atoms with van der Waals surface area (Å²) in [5.74, 6) is -4.45. The van der Waals surface area contributed by atoms with Gasteiger partial charge in [0, 0.05) is 6.42 Å². The Labute approximate surface area is 191 Å². The predicted molar refractivity (Wildman–Crippen MR) is 116 cm³/mol. The lowest BCUT2D eigenvalue weighted by Gasteiger charge is -2.07. The number of carboxylic acid groups (broad SMARTS) is 4. The fourth-order valence-electron chi connectivity index (χ4n) is 1.68.